The van der Waals surface area contributed by atoms with Crippen LogP contribution in [0.5, 0.6) is 0 Å². The van der Waals surface area contributed by atoms with E-state index in [4.69, 9.17) is 0 Å². The monoisotopic (exact) mass is 233 g/mol. The molecular weight excluding hydrogens is 210 g/mol. The van der Waals surface area contributed by atoms with Crippen molar-refractivity contribution in [1.82, 2.24) is 14.9 Å². The van der Waals surface area contributed by atoms with Crippen LogP contribution in [-0.4, -0.2) is 22.6 Å². The summed E-state index contributed by atoms with van der Waals surface area (Å²) in [6.07, 6.45) is 8.12. The van der Waals surface area contributed by atoms with Gasteiger partial charge in [-0.25, -0.2) is 4.98 Å². The van der Waals surface area contributed by atoms with Crippen LogP contribution in [0.15, 0.2) is 12.5 Å². The molecule has 1 N–H and O–H groups in total. The van der Waals surface area contributed by atoms with Gasteiger partial charge in [0.05, 0.1) is 6.33 Å². The Balaban J connectivity index is 1.86. The third kappa shape index (κ3) is 2.13. The van der Waals surface area contributed by atoms with Gasteiger partial charge >= 0.3 is 0 Å². The van der Waals surface area contributed by atoms with Gasteiger partial charge in [0, 0.05) is 23.9 Å². The molecule has 94 valence electrons. The molecule has 3 rings (SSSR count). The molecule has 1 aromatic heterocycles. The Morgan fingerprint density at radius 2 is 2.18 bits per heavy atom. The predicted molar refractivity (Wildman–Crippen MR) is 69.1 cm³/mol. The number of piperidine rings is 1. The molecular formula is C14H23N3. The SMILES string of the molecule is CC(C)C1CNCCC1c1cncn1C1CC1. The van der Waals surface area contributed by atoms with Gasteiger partial charge in [-0.05, 0) is 44.2 Å². The van der Waals surface area contributed by atoms with Crippen LogP contribution in [0.2, 0.25) is 0 Å². The molecule has 2 atom stereocenters. The van der Waals surface area contributed by atoms with Gasteiger partial charge in [0.25, 0.3) is 0 Å². The molecule has 2 unspecified atom stereocenters. The third-order valence-corrected chi connectivity index (χ3v) is 4.40. The molecule has 1 saturated carbocycles. The number of hydrogen-bond acceptors (Lipinski definition) is 2. The van der Waals surface area contributed by atoms with Crippen molar-refractivity contribution in [2.45, 2.75) is 45.1 Å². The first-order valence-corrected chi connectivity index (χ1v) is 7.00. The van der Waals surface area contributed by atoms with Gasteiger partial charge in [-0.3, -0.25) is 0 Å². The minimum absolute atomic E-state index is 0.708. The zero-order valence-corrected chi connectivity index (χ0v) is 10.9. The van der Waals surface area contributed by atoms with Gasteiger partial charge in [-0.15, -0.1) is 0 Å². The normalized spacial score (nSPS) is 29.8. The lowest BCUT2D eigenvalue weighted by molar-refractivity contribution is 0.247. The predicted octanol–water partition coefficient (Wildman–Crippen LogP) is 2.57. The van der Waals surface area contributed by atoms with Crippen LogP contribution in [-0.2, 0) is 0 Å². The number of nitrogens with zero attached hydrogens (tertiary/aromatic N) is 2. The van der Waals surface area contributed by atoms with Gasteiger partial charge in [0.15, 0.2) is 0 Å². The minimum Gasteiger partial charge on any atom is -0.331 e. The lowest BCUT2D eigenvalue weighted by Crippen LogP contribution is -2.38. The molecule has 3 nitrogen and oxygen atoms in total. The molecule has 1 aliphatic carbocycles. The van der Waals surface area contributed by atoms with Gasteiger partial charge in [0.2, 0.25) is 0 Å². The van der Waals surface area contributed by atoms with Gasteiger partial charge in [0.1, 0.15) is 0 Å². The Kier molecular flexibility index (Phi) is 2.95. The molecule has 1 aromatic rings. The highest BCUT2D eigenvalue weighted by atomic mass is 15.1. The summed E-state index contributed by atoms with van der Waals surface area (Å²) in [5.41, 5.74) is 1.49. The number of aromatic nitrogens is 2. The summed E-state index contributed by atoms with van der Waals surface area (Å²) in [5, 5.41) is 3.54. The summed E-state index contributed by atoms with van der Waals surface area (Å²) in [6.45, 7) is 7.02. The second-order valence-corrected chi connectivity index (χ2v) is 5.96. The molecule has 0 spiro atoms. The summed E-state index contributed by atoms with van der Waals surface area (Å²) >= 11 is 0. The fourth-order valence-electron chi connectivity index (χ4n) is 3.21. The Morgan fingerprint density at radius 3 is 2.88 bits per heavy atom. The molecule has 2 heterocycles. The van der Waals surface area contributed by atoms with E-state index in [1.54, 1.807) is 0 Å². The summed E-state index contributed by atoms with van der Waals surface area (Å²) in [4.78, 5) is 4.39. The molecule has 1 saturated heterocycles. The zero-order chi connectivity index (χ0) is 11.8. The molecule has 0 radical (unpaired) electrons. The van der Waals surface area contributed by atoms with Crippen LogP contribution >= 0.6 is 0 Å². The maximum Gasteiger partial charge on any atom is 0.0950 e. The maximum atomic E-state index is 4.39. The number of hydrogen-bond donors (Lipinski definition) is 1. The molecule has 2 aliphatic rings. The average molecular weight is 233 g/mol. The van der Waals surface area contributed by atoms with Crippen LogP contribution in [0.4, 0.5) is 0 Å². The lowest BCUT2D eigenvalue weighted by atomic mass is 9.77. The number of nitrogens with one attached hydrogen (secondary N) is 1. The summed E-state index contributed by atoms with van der Waals surface area (Å²) < 4.78 is 2.45. The lowest BCUT2D eigenvalue weighted by Gasteiger charge is -2.35. The van der Waals surface area contributed by atoms with Crippen LogP contribution < -0.4 is 5.32 Å². The number of rotatable bonds is 3. The van der Waals surface area contributed by atoms with Crippen molar-refractivity contribution >= 4 is 0 Å². The highest BCUT2D eigenvalue weighted by Gasteiger charge is 2.33. The zero-order valence-electron chi connectivity index (χ0n) is 10.9. The molecule has 0 amide bonds. The molecule has 2 fully saturated rings. The van der Waals surface area contributed by atoms with Crippen molar-refractivity contribution in [3.63, 3.8) is 0 Å². The second-order valence-electron chi connectivity index (χ2n) is 5.96. The van der Waals surface area contributed by atoms with E-state index in [0.29, 0.717) is 5.92 Å². The van der Waals surface area contributed by atoms with Crippen LogP contribution in [0.1, 0.15) is 50.8 Å². The van der Waals surface area contributed by atoms with Gasteiger partial charge < -0.3 is 9.88 Å². The smallest absolute Gasteiger partial charge is 0.0950 e. The van der Waals surface area contributed by atoms with Crippen molar-refractivity contribution < 1.29 is 0 Å². The van der Waals surface area contributed by atoms with Crippen LogP contribution in [0.3, 0.4) is 0 Å². The van der Waals surface area contributed by atoms with Gasteiger partial charge in [-0.2, -0.15) is 0 Å². The Morgan fingerprint density at radius 1 is 1.35 bits per heavy atom. The van der Waals surface area contributed by atoms with E-state index in [0.717, 1.165) is 31.0 Å². The average Bonchev–Trinajstić information content (AvgIpc) is 3.07. The first-order valence-electron chi connectivity index (χ1n) is 7.00. The highest BCUT2D eigenvalue weighted by molar-refractivity contribution is 5.13. The molecule has 17 heavy (non-hydrogen) atoms. The fraction of sp³-hybridized carbons (Fsp3) is 0.786. The first kappa shape index (κ1) is 11.3. The summed E-state index contributed by atoms with van der Waals surface area (Å²) in [7, 11) is 0. The minimum atomic E-state index is 0.708. The standard InChI is InChI=1S/C14H23N3/c1-10(2)13-7-15-6-5-12(13)14-8-16-9-17(14)11-3-4-11/h8-13,15H,3-7H2,1-2H3. The Hall–Kier alpha value is -0.830. The molecule has 3 heteroatoms. The molecule has 0 bridgehead atoms. The van der Waals surface area contributed by atoms with Crippen LogP contribution in [0.25, 0.3) is 0 Å². The topological polar surface area (TPSA) is 29.9 Å². The van der Waals surface area contributed by atoms with Gasteiger partial charge in [-0.1, -0.05) is 13.8 Å². The largest absolute Gasteiger partial charge is 0.331 e. The highest BCUT2D eigenvalue weighted by Crippen LogP contribution is 2.41. The van der Waals surface area contributed by atoms with Crippen molar-refractivity contribution in [3.05, 3.63) is 18.2 Å². The van der Waals surface area contributed by atoms with E-state index in [-0.39, 0.29) is 0 Å². The Bertz CT molecular complexity index is 379. The van der Waals surface area contributed by atoms with Crippen molar-refractivity contribution in [2.24, 2.45) is 11.8 Å². The van der Waals surface area contributed by atoms with E-state index in [1.807, 2.05) is 6.33 Å². The fourth-order valence-corrected chi connectivity index (χ4v) is 3.21. The van der Waals surface area contributed by atoms with E-state index in [2.05, 4.69) is 34.9 Å². The second kappa shape index (κ2) is 4.45. The quantitative estimate of drug-likeness (QED) is 0.869. The maximum absolute atomic E-state index is 4.39. The van der Waals surface area contributed by atoms with E-state index < -0.39 is 0 Å². The van der Waals surface area contributed by atoms with Crippen molar-refractivity contribution in [3.8, 4) is 0 Å². The van der Waals surface area contributed by atoms with Crippen LogP contribution in [0, 0.1) is 11.8 Å². The van der Waals surface area contributed by atoms with E-state index in [9.17, 15) is 0 Å². The number of imidazole rings is 1. The Labute approximate surface area is 104 Å². The summed E-state index contributed by atoms with van der Waals surface area (Å²) in [6, 6.07) is 0.759. The molecule has 0 aromatic carbocycles. The van der Waals surface area contributed by atoms with E-state index >= 15 is 0 Å². The first-order chi connectivity index (χ1) is 8.27. The summed E-state index contributed by atoms with van der Waals surface area (Å²) in [5.74, 6) is 2.22. The van der Waals surface area contributed by atoms with E-state index in [1.165, 1.54) is 25.0 Å². The molecule has 1 aliphatic heterocycles. The van der Waals surface area contributed by atoms with Crippen molar-refractivity contribution in [1.29, 1.82) is 0 Å². The van der Waals surface area contributed by atoms with Crippen molar-refractivity contribution in [2.75, 3.05) is 13.1 Å². The third-order valence-electron chi connectivity index (χ3n) is 4.40.